The maximum absolute atomic E-state index is 13.7. The van der Waals surface area contributed by atoms with Crippen LogP contribution in [-0.2, 0) is 49.6 Å². The van der Waals surface area contributed by atoms with E-state index in [2.05, 4.69) is 52.2 Å². The molecule has 2 aromatic rings. The van der Waals surface area contributed by atoms with Crippen molar-refractivity contribution >= 4 is 87.8 Å². The number of fused-ring (bicyclic) bond motifs is 1. The second kappa shape index (κ2) is 29.4. The predicted molar refractivity (Wildman–Crippen MR) is 252 cm³/mol. The lowest BCUT2D eigenvalue weighted by Crippen LogP contribution is -2.61. The summed E-state index contributed by atoms with van der Waals surface area (Å²) < 4.78 is 0. The lowest BCUT2D eigenvalue weighted by molar-refractivity contribution is -0.142. The van der Waals surface area contributed by atoms with Crippen LogP contribution in [0.25, 0.3) is 10.9 Å². The van der Waals surface area contributed by atoms with E-state index >= 15 is 0 Å². The van der Waals surface area contributed by atoms with Crippen molar-refractivity contribution in [2.75, 3.05) is 38.2 Å². The van der Waals surface area contributed by atoms with Gasteiger partial charge in [0, 0.05) is 36.6 Å². The van der Waals surface area contributed by atoms with Crippen molar-refractivity contribution in [3.8, 4) is 0 Å². The van der Waals surface area contributed by atoms with Gasteiger partial charge in [-0.05, 0) is 62.7 Å². The highest BCUT2D eigenvalue weighted by atomic mass is 32.2. The van der Waals surface area contributed by atoms with Crippen LogP contribution in [0.2, 0.25) is 0 Å². The molecular weight excluding hydrogens is 913 g/mol. The highest BCUT2D eigenvalue weighted by Crippen LogP contribution is 2.19. The number of thioether (sulfide) groups is 1. The molecule has 68 heavy (non-hydrogen) atoms. The van der Waals surface area contributed by atoms with Gasteiger partial charge in [0.15, 0.2) is 11.9 Å². The number of carboxylic acid groups (broad SMARTS) is 1. The molecule has 0 radical (unpaired) electrons. The van der Waals surface area contributed by atoms with Crippen molar-refractivity contribution < 1.29 is 53.4 Å². The fourth-order valence-corrected chi connectivity index (χ4v) is 6.91. The molecule has 0 unspecified atom stereocenters. The number of aromatic nitrogens is 1. The Labute approximate surface area is 395 Å². The molecule has 0 bridgehead atoms. The zero-order valence-electron chi connectivity index (χ0n) is 37.7. The number of nitrogens with zero attached hydrogens (tertiary/aromatic N) is 2. The smallest absolute Gasteiger partial charge is 0.326 e. The molecule has 0 aliphatic heterocycles. The molecule has 22 N–H and O–H groups in total. The normalized spacial score (nSPS) is 13.9. The van der Waals surface area contributed by atoms with E-state index in [1.54, 1.807) is 36.7 Å². The molecule has 0 spiro atoms. The van der Waals surface area contributed by atoms with Gasteiger partial charge in [0.05, 0.1) is 25.6 Å². The number of nitrogens with two attached hydrogens (primary N) is 6. The van der Waals surface area contributed by atoms with E-state index in [1.807, 2.05) is 0 Å². The maximum atomic E-state index is 13.7. The van der Waals surface area contributed by atoms with Gasteiger partial charge < -0.3 is 86.8 Å². The summed E-state index contributed by atoms with van der Waals surface area (Å²) in [6.07, 6.45) is 1.17. The van der Waals surface area contributed by atoms with Crippen LogP contribution in [0.3, 0.4) is 0 Å². The van der Waals surface area contributed by atoms with Gasteiger partial charge in [-0.2, -0.15) is 11.8 Å². The summed E-state index contributed by atoms with van der Waals surface area (Å²) >= 11 is 1.29. The van der Waals surface area contributed by atoms with Crippen LogP contribution in [0, 0.1) is 0 Å². The quantitative estimate of drug-likeness (QED) is 0.0190. The summed E-state index contributed by atoms with van der Waals surface area (Å²) in [5, 5.41) is 38.0. The lowest BCUT2D eigenvalue weighted by Gasteiger charge is -2.27. The number of nitrogens with one attached hydrogen (secondary N) is 8. The number of carbonyl (C=O) groups is 9. The van der Waals surface area contributed by atoms with E-state index < -0.39 is 115 Å². The Morgan fingerprint density at radius 3 is 1.75 bits per heavy atom. The third kappa shape index (κ3) is 20.5. The number of para-hydroxylation sites is 1. The molecule has 0 fully saturated rings. The van der Waals surface area contributed by atoms with Crippen molar-refractivity contribution in [3.63, 3.8) is 0 Å². The van der Waals surface area contributed by atoms with E-state index in [0.29, 0.717) is 5.56 Å². The molecule has 2 rings (SSSR count). The largest absolute Gasteiger partial charge is 0.480 e. The van der Waals surface area contributed by atoms with Crippen molar-refractivity contribution in [2.24, 2.45) is 44.4 Å². The summed E-state index contributed by atoms with van der Waals surface area (Å²) in [6.45, 7) is 0.0841. The number of aliphatic hydroxyl groups excluding tert-OH is 1. The predicted octanol–water partition coefficient (Wildman–Crippen LogP) is -6.10. The average molecular weight is 977 g/mol. The number of aliphatic hydroxyl groups is 1. The molecule has 8 amide bonds. The van der Waals surface area contributed by atoms with Gasteiger partial charge in [0.25, 0.3) is 0 Å². The summed E-state index contributed by atoms with van der Waals surface area (Å²) in [5.74, 6) is -8.98. The molecule has 27 nitrogen and oxygen atoms in total. The minimum absolute atomic E-state index is 0.00314. The number of primary amides is 1. The van der Waals surface area contributed by atoms with Crippen molar-refractivity contribution in [1.29, 1.82) is 0 Å². The monoisotopic (exact) mass is 976 g/mol. The number of rotatable bonds is 31. The van der Waals surface area contributed by atoms with Crippen LogP contribution in [0.1, 0.15) is 51.0 Å². The molecule has 0 saturated carbocycles. The molecule has 7 atom stereocenters. The van der Waals surface area contributed by atoms with Crippen LogP contribution >= 0.6 is 11.8 Å². The van der Waals surface area contributed by atoms with Gasteiger partial charge in [0.2, 0.25) is 47.3 Å². The number of carbonyl (C=O) groups excluding carboxylic acids is 8. The molecule has 1 aromatic heterocycles. The summed E-state index contributed by atoms with van der Waals surface area (Å²) in [4.78, 5) is 128. The first-order valence-electron chi connectivity index (χ1n) is 21.3. The average Bonchev–Trinajstić information content (AvgIpc) is 3.69. The Morgan fingerprint density at radius 1 is 0.691 bits per heavy atom. The zero-order chi connectivity index (χ0) is 50.9. The standard InChI is InChI=1S/C40H64N16O11S/c1-20(57)32(56-36(64)25(51-30(59)17-41)10-6-13-48-40(45)46)37(65)53-26(11-14-68-2)35(63)54-27(16-29(42)58)33(61)50-19-31(60)52-24(9-5-12-47-39(43)44)34(62)55-28(38(66)67)15-21-18-49-23-8-4-3-7-22(21)23/h3-4,7-8,18,20,24-28,32,49,57H,5-6,9-17,19,41H2,1-2H3,(H2,42,58)(H,50,61)(H,51,59)(H,52,60)(H,53,65)(H,54,63)(H,55,62)(H,56,64)(H,66,67)(H4,43,44,47)(H4,45,46,48)/t20-,24+,25+,26+,27+,28+,32+/m1/s1. The number of aliphatic carboxylic acids is 1. The number of guanidine groups is 2. The van der Waals surface area contributed by atoms with Crippen LogP contribution < -0.4 is 71.6 Å². The van der Waals surface area contributed by atoms with Crippen molar-refractivity contribution in [1.82, 2.24) is 42.2 Å². The van der Waals surface area contributed by atoms with Gasteiger partial charge >= 0.3 is 5.97 Å². The Balaban J connectivity index is 2.21. The first-order valence-corrected chi connectivity index (χ1v) is 22.7. The fourth-order valence-electron chi connectivity index (χ4n) is 6.43. The van der Waals surface area contributed by atoms with Crippen LogP contribution in [0.4, 0.5) is 0 Å². The van der Waals surface area contributed by atoms with Crippen molar-refractivity contribution in [3.05, 3.63) is 36.0 Å². The van der Waals surface area contributed by atoms with Crippen LogP contribution in [0.15, 0.2) is 40.4 Å². The summed E-state index contributed by atoms with van der Waals surface area (Å²) in [5.41, 5.74) is 33.6. The van der Waals surface area contributed by atoms with Gasteiger partial charge in [0.1, 0.15) is 36.3 Å². The Hall–Kier alpha value is -7.20. The van der Waals surface area contributed by atoms with E-state index in [0.717, 1.165) is 10.9 Å². The number of carboxylic acids is 1. The molecular formula is C40H64N16O11S. The first kappa shape index (κ1) is 56.9. The summed E-state index contributed by atoms with van der Waals surface area (Å²) in [6, 6.07) is -1.61. The third-order valence-electron chi connectivity index (χ3n) is 9.86. The third-order valence-corrected chi connectivity index (χ3v) is 10.5. The SMILES string of the molecule is CSCC[C@H](NC(=O)[C@@H](NC(=O)[C@H](CCCN=C(N)N)NC(=O)CN)[C@@H](C)O)C(=O)N[C@@H](CC(N)=O)C(=O)NCC(=O)N[C@@H](CCCN=C(N)N)C(=O)N[C@@H](Cc1c[nH]c2ccccc12)C(=O)O. The number of benzene rings is 1. The molecule has 0 saturated heterocycles. The lowest BCUT2D eigenvalue weighted by atomic mass is 10.0. The molecule has 28 heteroatoms. The number of aromatic amines is 1. The number of hydrogen-bond acceptors (Lipinski definition) is 14. The highest BCUT2D eigenvalue weighted by molar-refractivity contribution is 7.98. The van der Waals surface area contributed by atoms with E-state index in [1.165, 1.54) is 18.7 Å². The first-order chi connectivity index (χ1) is 32.2. The number of hydrogen-bond donors (Lipinski definition) is 16. The Morgan fingerprint density at radius 2 is 1.22 bits per heavy atom. The minimum Gasteiger partial charge on any atom is -0.480 e. The van der Waals surface area contributed by atoms with Gasteiger partial charge in [-0.15, -0.1) is 0 Å². The number of amides is 8. The molecule has 0 aliphatic carbocycles. The summed E-state index contributed by atoms with van der Waals surface area (Å²) in [7, 11) is 0. The van der Waals surface area contributed by atoms with Crippen molar-refractivity contribution in [2.45, 2.75) is 94.2 Å². The molecule has 1 heterocycles. The van der Waals surface area contributed by atoms with Gasteiger partial charge in [-0.1, -0.05) is 18.2 Å². The Kier molecular flexibility index (Phi) is 24.6. The maximum Gasteiger partial charge on any atom is 0.326 e. The minimum atomic E-state index is -1.70. The fraction of sp³-hybridized carbons (Fsp3) is 0.525. The number of aliphatic imine (C=N–C) groups is 2. The Bertz CT molecular complexity index is 2130. The zero-order valence-corrected chi connectivity index (χ0v) is 38.6. The van der Waals surface area contributed by atoms with Gasteiger partial charge in [-0.3, -0.25) is 48.3 Å². The second-order valence-corrected chi connectivity index (χ2v) is 16.3. The van der Waals surface area contributed by atoms with E-state index in [-0.39, 0.29) is 69.3 Å². The van der Waals surface area contributed by atoms with Crippen LogP contribution in [0.5, 0.6) is 0 Å². The molecule has 376 valence electrons. The highest BCUT2D eigenvalue weighted by Gasteiger charge is 2.34. The van der Waals surface area contributed by atoms with Gasteiger partial charge in [-0.25, -0.2) is 4.79 Å². The van der Waals surface area contributed by atoms with Crippen LogP contribution in [-0.4, -0.2) is 161 Å². The topological polar surface area (TPSA) is 475 Å². The molecule has 1 aromatic carbocycles. The van der Waals surface area contributed by atoms with E-state index in [4.69, 9.17) is 34.4 Å². The van der Waals surface area contributed by atoms with E-state index in [9.17, 15) is 53.4 Å². The number of H-pyrrole nitrogens is 1. The molecule has 0 aliphatic rings. The second-order valence-electron chi connectivity index (χ2n) is 15.3.